The molecular weight excluding hydrogens is 324 g/mol. The molecule has 0 bridgehead atoms. The van der Waals surface area contributed by atoms with E-state index in [2.05, 4.69) is 19.9 Å². The molecule has 0 saturated heterocycles. The fourth-order valence-corrected chi connectivity index (χ4v) is 2.74. The minimum atomic E-state index is -0.278. The molecule has 3 rings (SSSR count). The molecule has 0 aromatic carbocycles. The van der Waals surface area contributed by atoms with Crippen LogP contribution in [0.5, 0.6) is 0 Å². The lowest BCUT2D eigenvalue weighted by molar-refractivity contribution is -0.102. The van der Waals surface area contributed by atoms with E-state index in [1.54, 1.807) is 6.20 Å². The summed E-state index contributed by atoms with van der Waals surface area (Å²) in [6, 6.07) is 17.8. The molecule has 0 aliphatic carbocycles. The molecule has 0 fully saturated rings. The van der Waals surface area contributed by atoms with Crippen LogP contribution in [0.3, 0.4) is 0 Å². The third kappa shape index (κ3) is 5.18. The Morgan fingerprint density at radius 1 is 0.769 bits per heavy atom. The molecule has 3 aromatic rings. The molecule has 134 valence electrons. The second-order valence-corrected chi connectivity index (χ2v) is 6.34. The highest BCUT2D eigenvalue weighted by atomic mass is 16.5. The molecule has 0 N–H and O–H groups in total. The minimum Gasteiger partial charge on any atom is -0.355 e. The van der Waals surface area contributed by atoms with Crippen LogP contribution >= 0.6 is 0 Å². The Morgan fingerprint density at radius 2 is 1.31 bits per heavy atom. The summed E-state index contributed by atoms with van der Waals surface area (Å²) in [4.78, 5) is 15.7. The molecular formula is C21H24N4O. The van der Waals surface area contributed by atoms with Gasteiger partial charge in [-0.25, -0.2) is 0 Å². The van der Waals surface area contributed by atoms with Gasteiger partial charge in [0.25, 0.3) is 0 Å². The third-order valence-electron chi connectivity index (χ3n) is 3.86. The molecule has 5 heteroatoms. The average molecular weight is 348 g/mol. The number of pyridine rings is 3. The third-order valence-corrected chi connectivity index (χ3v) is 3.86. The quantitative estimate of drug-likeness (QED) is 0.576. The average Bonchev–Trinajstić information content (AvgIpc) is 2.68. The number of hydrogen-bond acceptors (Lipinski definition) is 5. The Hall–Kier alpha value is -2.63. The van der Waals surface area contributed by atoms with Gasteiger partial charge in [0.2, 0.25) is 0 Å². The van der Waals surface area contributed by atoms with Crippen LogP contribution in [0.25, 0.3) is 0 Å². The van der Waals surface area contributed by atoms with E-state index in [4.69, 9.17) is 4.74 Å². The van der Waals surface area contributed by atoms with Crippen LogP contribution in [-0.2, 0) is 17.8 Å². The minimum absolute atomic E-state index is 0.0666. The maximum atomic E-state index is 6.25. The fourth-order valence-electron chi connectivity index (χ4n) is 2.74. The van der Waals surface area contributed by atoms with E-state index in [9.17, 15) is 0 Å². The maximum absolute atomic E-state index is 6.25. The van der Waals surface area contributed by atoms with E-state index < -0.39 is 0 Å². The van der Waals surface area contributed by atoms with Gasteiger partial charge in [0, 0.05) is 31.7 Å². The van der Waals surface area contributed by atoms with Gasteiger partial charge in [-0.2, -0.15) is 0 Å². The molecule has 3 aromatic heterocycles. The van der Waals surface area contributed by atoms with E-state index in [0.29, 0.717) is 13.1 Å². The fraction of sp³-hybridized carbons (Fsp3) is 0.286. The van der Waals surface area contributed by atoms with Crippen LogP contribution in [0.15, 0.2) is 73.2 Å². The number of rotatable bonds is 8. The summed E-state index contributed by atoms with van der Waals surface area (Å²) in [5.41, 5.74) is 2.85. The Kier molecular flexibility index (Phi) is 6.41. The van der Waals surface area contributed by atoms with Crippen molar-refractivity contribution in [2.24, 2.45) is 0 Å². The summed E-state index contributed by atoms with van der Waals surface area (Å²) in [5.74, 6) is 0. The van der Waals surface area contributed by atoms with Crippen molar-refractivity contribution in [3.8, 4) is 0 Å². The van der Waals surface area contributed by atoms with Gasteiger partial charge in [-0.05, 0) is 50.2 Å². The Morgan fingerprint density at radius 3 is 1.73 bits per heavy atom. The van der Waals surface area contributed by atoms with Crippen molar-refractivity contribution in [3.05, 3.63) is 90.3 Å². The van der Waals surface area contributed by atoms with E-state index in [1.807, 2.05) is 80.8 Å². The van der Waals surface area contributed by atoms with Crippen molar-refractivity contribution < 1.29 is 4.74 Å². The zero-order valence-electron chi connectivity index (χ0n) is 15.2. The lowest BCUT2D eigenvalue weighted by Crippen LogP contribution is -2.32. The van der Waals surface area contributed by atoms with E-state index in [1.165, 1.54) is 0 Å². The molecule has 1 atom stereocenters. The molecule has 0 aliphatic rings. The van der Waals surface area contributed by atoms with Gasteiger partial charge < -0.3 is 4.74 Å². The summed E-state index contributed by atoms with van der Waals surface area (Å²) in [6.45, 7) is 5.36. The monoisotopic (exact) mass is 348 g/mol. The van der Waals surface area contributed by atoms with Crippen molar-refractivity contribution in [1.82, 2.24) is 19.9 Å². The second-order valence-electron chi connectivity index (χ2n) is 6.34. The molecule has 0 aliphatic heterocycles. The molecule has 3 heterocycles. The predicted molar refractivity (Wildman–Crippen MR) is 101 cm³/mol. The van der Waals surface area contributed by atoms with Crippen LogP contribution in [0, 0.1) is 0 Å². The molecule has 0 saturated carbocycles. The van der Waals surface area contributed by atoms with Crippen molar-refractivity contribution in [2.45, 2.75) is 39.3 Å². The lowest BCUT2D eigenvalue weighted by atomic mass is 10.2. The first kappa shape index (κ1) is 18.2. The van der Waals surface area contributed by atoms with Crippen LogP contribution in [0.4, 0.5) is 0 Å². The standard InChI is InChI=1S/C21H24N4O/c1-17(2)26-21(20-11-5-8-14-24-20)25(15-18-9-3-6-12-22-18)16-19-10-4-7-13-23-19/h3-14,17,21H,15-16H2,1-2H3. The smallest absolute Gasteiger partial charge is 0.154 e. The highest BCUT2D eigenvalue weighted by Gasteiger charge is 2.24. The first-order valence-electron chi connectivity index (χ1n) is 8.82. The Balaban J connectivity index is 1.92. The van der Waals surface area contributed by atoms with Crippen LogP contribution in [0.1, 0.15) is 37.2 Å². The highest BCUT2D eigenvalue weighted by Crippen LogP contribution is 2.25. The van der Waals surface area contributed by atoms with E-state index in [-0.39, 0.29) is 12.3 Å². The first-order chi connectivity index (χ1) is 12.7. The maximum Gasteiger partial charge on any atom is 0.154 e. The predicted octanol–water partition coefficient (Wildman–Crippen LogP) is 4.00. The first-order valence-corrected chi connectivity index (χ1v) is 8.82. The second kappa shape index (κ2) is 9.17. The summed E-state index contributed by atoms with van der Waals surface area (Å²) >= 11 is 0. The number of ether oxygens (including phenoxy) is 1. The Bertz CT molecular complexity index is 724. The van der Waals surface area contributed by atoms with Gasteiger partial charge in [0.1, 0.15) is 0 Å². The van der Waals surface area contributed by atoms with Crippen molar-refractivity contribution in [1.29, 1.82) is 0 Å². The van der Waals surface area contributed by atoms with Gasteiger partial charge in [-0.1, -0.05) is 18.2 Å². The van der Waals surface area contributed by atoms with Gasteiger partial charge in [-0.15, -0.1) is 0 Å². The largest absolute Gasteiger partial charge is 0.355 e. The molecule has 5 nitrogen and oxygen atoms in total. The molecule has 0 radical (unpaired) electrons. The van der Waals surface area contributed by atoms with E-state index >= 15 is 0 Å². The zero-order valence-corrected chi connectivity index (χ0v) is 15.2. The van der Waals surface area contributed by atoms with Gasteiger partial charge in [0.15, 0.2) is 6.23 Å². The molecule has 0 amide bonds. The molecule has 1 unspecified atom stereocenters. The van der Waals surface area contributed by atoms with E-state index in [0.717, 1.165) is 17.1 Å². The van der Waals surface area contributed by atoms with Crippen LogP contribution in [-0.4, -0.2) is 26.0 Å². The lowest BCUT2D eigenvalue weighted by Gasteiger charge is -2.32. The molecule has 0 spiro atoms. The van der Waals surface area contributed by atoms with Crippen molar-refractivity contribution in [2.75, 3.05) is 0 Å². The summed E-state index contributed by atoms with van der Waals surface area (Å²) < 4.78 is 6.25. The van der Waals surface area contributed by atoms with Gasteiger partial charge in [0.05, 0.1) is 23.2 Å². The van der Waals surface area contributed by atoms with Crippen molar-refractivity contribution >= 4 is 0 Å². The van der Waals surface area contributed by atoms with Crippen molar-refractivity contribution in [3.63, 3.8) is 0 Å². The SMILES string of the molecule is CC(C)OC(c1ccccn1)N(Cc1ccccn1)Cc1ccccn1. The number of hydrogen-bond donors (Lipinski definition) is 0. The van der Waals surface area contributed by atoms with Gasteiger partial charge in [-0.3, -0.25) is 19.9 Å². The zero-order chi connectivity index (χ0) is 18.2. The topological polar surface area (TPSA) is 51.1 Å². The summed E-state index contributed by atoms with van der Waals surface area (Å²) in [5, 5.41) is 0. The van der Waals surface area contributed by atoms with Crippen LogP contribution in [0.2, 0.25) is 0 Å². The summed E-state index contributed by atoms with van der Waals surface area (Å²) in [6.07, 6.45) is 5.21. The normalized spacial score (nSPS) is 12.5. The number of nitrogens with zero attached hydrogens (tertiary/aromatic N) is 4. The van der Waals surface area contributed by atoms with Crippen LogP contribution < -0.4 is 0 Å². The highest BCUT2D eigenvalue weighted by molar-refractivity contribution is 5.11. The summed E-state index contributed by atoms with van der Waals surface area (Å²) in [7, 11) is 0. The number of aromatic nitrogens is 3. The van der Waals surface area contributed by atoms with Gasteiger partial charge >= 0.3 is 0 Å². The Labute approximate surface area is 154 Å². The molecule has 26 heavy (non-hydrogen) atoms.